The molecule has 1 saturated carbocycles. The predicted octanol–water partition coefficient (Wildman–Crippen LogP) is 3.27. The number of hydrogen-bond acceptors (Lipinski definition) is 5. The second-order valence-electron chi connectivity index (χ2n) is 6.29. The van der Waals surface area contributed by atoms with Crippen LogP contribution < -0.4 is 16.6 Å². The van der Waals surface area contributed by atoms with Crippen LogP contribution in [-0.4, -0.2) is 16.0 Å². The number of anilines is 2. The number of rotatable bonds is 8. The Bertz CT molecular complexity index is 428. The van der Waals surface area contributed by atoms with Crippen molar-refractivity contribution in [2.24, 2.45) is 11.8 Å². The van der Waals surface area contributed by atoms with Gasteiger partial charge in [0.25, 0.3) is 0 Å². The van der Waals surface area contributed by atoms with Gasteiger partial charge in [-0.15, -0.1) is 0 Å². The van der Waals surface area contributed by atoms with E-state index in [0.29, 0.717) is 17.8 Å². The first-order chi connectivity index (χ1) is 9.58. The van der Waals surface area contributed by atoms with Crippen molar-refractivity contribution >= 4 is 11.6 Å². The molecule has 1 aliphatic carbocycles. The maximum atomic E-state index is 5.48. The Morgan fingerprint density at radius 3 is 2.50 bits per heavy atom. The highest BCUT2D eigenvalue weighted by atomic mass is 15.3. The van der Waals surface area contributed by atoms with Gasteiger partial charge in [-0.2, -0.15) is 0 Å². The van der Waals surface area contributed by atoms with Gasteiger partial charge in [-0.05, 0) is 32.1 Å². The third-order valence-corrected chi connectivity index (χ3v) is 3.65. The zero-order valence-corrected chi connectivity index (χ0v) is 12.8. The first-order valence-corrected chi connectivity index (χ1v) is 7.70. The monoisotopic (exact) mass is 277 g/mol. The number of nitrogens with zero attached hydrogens (tertiary/aromatic N) is 2. The summed E-state index contributed by atoms with van der Waals surface area (Å²) in [5.41, 5.74) is 2.63. The molecule has 5 nitrogen and oxygen atoms in total. The highest BCUT2D eigenvalue weighted by molar-refractivity contribution is 5.48. The fourth-order valence-electron chi connectivity index (χ4n) is 2.29. The lowest BCUT2D eigenvalue weighted by Crippen LogP contribution is -2.18. The summed E-state index contributed by atoms with van der Waals surface area (Å²) < 4.78 is 0. The minimum atomic E-state index is 0.418. The van der Waals surface area contributed by atoms with Gasteiger partial charge in [-0.25, -0.2) is 15.8 Å². The van der Waals surface area contributed by atoms with Crippen molar-refractivity contribution < 1.29 is 0 Å². The van der Waals surface area contributed by atoms with E-state index in [4.69, 9.17) is 5.84 Å². The lowest BCUT2D eigenvalue weighted by atomic mass is 10.0. The Morgan fingerprint density at radius 2 is 1.90 bits per heavy atom. The molecular weight excluding hydrogens is 250 g/mol. The molecule has 112 valence electrons. The van der Waals surface area contributed by atoms with Gasteiger partial charge in [0.2, 0.25) is 0 Å². The van der Waals surface area contributed by atoms with Crippen LogP contribution in [0.25, 0.3) is 0 Å². The van der Waals surface area contributed by atoms with E-state index in [1.807, 2.05) is 6.07 Å². The summed E-state index contributed by atoms with van der Waals surface area (Å²) in [4.78, 5) is 9.03. The van der Waals surface area contributed by atoms with Gasteiger partial charge in [-0.3, -0.25) is 0 Å². The number of hydrogen-bond donors (Lipinski definition) is 3. The Kier molecular flexibility index (Phi) is 5.17. The van der Waals surface area contributed by atoms with Crippen molar-refractivity contribution in [3.63, 3.8) is 0 Å². The van der Waals surface area contributed by atoms with Crippen LogP contribution in [-0.2, 0) is 0 Å². The third-order valence-electron chi connectivity index (χ3n) is 3.65. The second kappa shape index (κ2) is 6.88. The molecule has 4 N–H and O–H groups in total. The molecule has 1 unspecified atom stereocenters. The molecule has 1 aromatic heterocycles. The number of hydrazine groups is 1. The average molecular weight is 277 g/mol. The molecule has 1 atom stereocenters. The van der Waals surface area contributed by atoms with E-state index >= 15 is 0 Å². The van der Waals surface area contributed by atoms with Crippen LogP contribution >= 0.6 is 0 Å². The number of nitrogen functional groups attached to an aromatic ring is 1. The standard InChI is InChI=1S/C15H27N5/c1-10(2)5-4-6-11(3)17-13-9-14(20-16)19-15(18-13)12-7-8-12/h9-12H,4-8,16H2,1-3H3,(H2,17,18,19,20). The third kappa shape index (κ3) is 4.63. The molecular formula is C15H27N5. The summed E-state index contributed by atoms with van der Waals surface area (Å²) in [6.45, 7) is 6.74. The SMILES string of the molecule is CC(C)CCCC(C)Nc1cc(NN)nc(C2CC2)n1. The van der Waals surface area contributed by atoms with Crippen LogP contribution in [0.3, 0.4) is 0 Å². The van der Waals surface area contributed by atoms with E-state index in [2.05, 4.69) is 41.5 Å². The van der Waals surface area contributed by atoms with Crippen molar-refractivity contribution in [2.45, 2.75) is 64.8 Å². The molecule has 0 bridgehead atoms. The van der Waals surface area contributed by atoms with Crippen LogP contribution in [0.5, 0.6) is 0 Å². The van der Waals surface area contributed by atoms with Crippen molar-refractivity contribution in [3.05, 3.63) is 11.9 Å². The van der Waals surface area contributed by atoms with Gasteiger partial charge in [0, 0.05) is 18.0 Å². The van der Waals surface area contributed by atoms with E-state index in [9.17, 15) is 0 Å². The number of nitrogens with one attached hydrogen (secondary N) is 2. The molecule has 20 heavy (non-hydrogen) atoms. The molecule has 5 heteroatoms. The quantitative estimate of drug-likeness (QED) is 0.502. The molecule has 0 spiro atoms. The van der Waals surface area contributed by atoms with Crippen molar-refractivity contribution in [1.82, 2.24) is 9.97 Å². The van der Waals surface area contributed by atoms with Gasteiger partial charge in [0.15, 0.2) is 0 Å². The molecule has 0 aliphatic heterocycles. The summed E-state index contributed by atoms with van der Waals surface area (Å²) in [6.07, 6.45) is 6.06. The first-order valence-electron chi connectivity index (χ1n) is 7.70. The average Bonchev–Trinajstić information content (AvgIpc) is 3.22. The van der Waals surface area contributed by atoms with Crippen LogP contribution in [0.1, 0.15) is 64.6 Å². The normalized spacial score (nSPS) is 16.2. The maximum Gasteiger partial charge on any atom is 0.145 e. The van der Waals surface area contributed by atoms with E-state index < -0.39 is 0 Å². The molecule has 1 heterocycles. The zero-order valence-electron chi connectivity index (χ0n) is 12.8. The first kappa shape index (κ1) is 15.0. The lowest BCUT2D eigenvalue weighted by molar-refractivity contribution is 0.520. The van der Waals surface area contributed by atoms with Crippen LogP contribution in [0, 0.1) is 5.92 Å². The van der Waals surface area contributed by atoms with Crippen molar-refractivity contribution in [3.8, 4) is 0 Å². The number of aromatic nitrogens is 2. The molecule has 0 amide bonds. The van der Waals surface area contributed by atoms with Crippen molar-refractivity contribution in [1.29, 1.82) is 0 Å². The molecule has 1 fully saturated rings. The maximum absolute atomic E-state index is 5.48. The summed E-state index contributed by atoms with van der Waals surface area (Å²) >= 11 is 0. The fraction of sp³-hybridized carbons (Fsp3) is 0.733. The summed E-state index contributed by atoms with van der Waals surface area (Å²) in [5.74, 6) is 9.28. The zero-order chi connectivity index (χ0) is 14.5. The van der Waals surface area contributed by atoms with E-state index in [1.165, 1.54) is 25.7 Å². The Labute approximate surface area is 121 Å². The minimum absolute atomic E-state index is 0.418. The van der Waals surface area contributed by atoms with E-state index in [1.54, 1.807) is 0 Å². The summed E-state index contributed by atoms with van der Waals surface area (Å²) in [5, 5.41) is 3.47. The van der Waals surface area contributed by atoms with Gasteiger partial charge in [0.1, 0.15) is 17.5 Å². The highest BCUT2D eigenvalue weighted by Gasteiger charge is 2.27. The van der Waals surface area contributed by atoms with Gasteiger partial charge < -0.3 is 10.7 Å². The molecule has 2 rings (SSSR count). The largest absolute Gasteiger partial charge is 0.367 e. The summed E-state index contributed by atoms with van der Waals surface area (Å²) in [6, 6.07) is 2.30. The molecule has 0 saturated heterocycles. The predicted molar refractivity (Wildman–Crippen MR) is 83.6 cm³/mol. The Balaban J connectivity index is 1.92. The van der Waals surface area contributed by atoms with E-state index in [0.717, 1.165) is 24.0 Å². The lowest BCUT2D eigenvalue weighted by Gasteiger charge is -2.16. The topological polar surface area (TPSA) is 75.9 Å². The summed E-state index contributed by atoms with van der Waals surface area (Å²) in [7, 11) is 0. The smallest absolute Gasteiger partial charge is 0.145 e. The van der Waals surface area contributed by atoms with Crippen molar-refractivity contribution in [2.75, 3.05) is 10.7 Å². The molecule has 1 aromatic rings. The van der Waals surface area contributed by atoms with Gasteiger partial charge in [0.05, 0.1) is 0 Å². The Hall–Kier alpha value is -1.36. The van der Waals surface area contributed by atoms with Crippen LogP contribution in [0.15, 0.2) is 6.07 Å². The van der Waals surface area contributed by atoms with Crippen LogP contribution in [0.4, 0.5) is 11.6 Å². The molecule has 0 radical (unpaired) electrons. The van der Waals surface area contributed by atoms with Crippen LogP contribution in [0.2, 0.25) is 0 Å². The Morgan fingerprint density at radius 1 is 1.20 bits per heavy atom. The minimum Gasteiger partial charge on any atom is -0.367 e. The van der Waals surface area contributed by atoms with Gasteiger partial charge in [-0.1, -0.05) is 26.7 Å². The molecule has 0 aromatic carbocycles. The highest BCUT2D eigenvalue weighted by Crippen LogP contribution is 2.38. The fourth-order valence-corrected chi connectivity index (χ4v) is 2.29. The molecule has 1 aliphatic rings. The number of nitrogens with two attached hydrogens (primary N) is 1. The second-order valence-corrected chi connectivity index (χ2v) is 6.29. The van der Waals surface area contributed by atoms with E-state index in [-0.39, 0.29) is 0 Å². The van der Waals surface area contributed by atoms with Gasteiger partial charge >= 0.3 is 0 Å².